The number of nitrogens with one attached hydrogen (secondary N) is 1. The van der Waals surface area contributed by atoms with Gasteiger partial charge in [0, 0.05) is 34.5 Å². The van der Waals surface area contributed by atoms with Crippen molar-refractivity contribution in [3.05, 3.63) is 33.8 Å². The minimum absolute atomic E-state index is 0. The van der Waals surface area contributed by atoms with Gasteiger partial charge in [-0.05, 0) is 17.7 Å². The molecule has 0 heterocycles. The first-order valence-corrected chi connectivity index (χ1v) is 6.97. The van der Waals surface area contributed by atoms with Crippen molar-refractivity contribution in [2.75, 3.05) is 13.1 Å². The Hall–Kier alpha value is -0.480. The standard InChI is InChI=1S/C14H20Cl2N2O.ClH/c1-9(7-17)13(19)18-8-14(2,3)12-10(15)5-4-6-11(12)16;/h4-6,9H,7-8,17H2,1-3H3,(H,18,19);1H. The fourth-order valence-electron chi connectivity index (χ4n) is 1.82. The van der Waals surface area contributed by atoms with E-state index in [2.05, 4.69) is 5.32 Å². The molecule has 1 unspecified atom stereocenters. The van der Waals surface area contributed by atoms with Crippen LogP contribution in [-0.4, -0.2) is 19.0 Å². The van der Waals surface area contributed by atoms with Crippen LogP contribution in [0.5, 0.6) is 0 Å². The summed E-state index contributed by atoms with van der Waals surface area (Å²) in [6.07, 6.45) is 0. The average molecular weight is 340 g/mol. The minimum Gasteiger partial charge on any atom is -0.355 e. The molecule has 0 spiro atoms. The largest absolute Gasteiger partial charge is 0.355 e. The van der Waals surface area contributed by atoms with E-state index >= 15 is 0 Å². The lowest BCUT2D eigenvalue weighted by Crippen LogP contribution is -2.41. The smallest absolute Gasteiger partial charge is 0.224 e. The Morgan fingerprint density at radius 1 is 1.35 bits per heavy atom. The average Bonchev–Trinajstić information content (AvgIpc) is 2.34. The van der Waals surface area contributed by atoms with Gasteiger partial charge in [0.1, 0.15) is 0 Å². The molecule has 0 aliphatic rings. The van der Waals surface area contributed by atoms with Gasteiger partial charge in [0.25, 0.3) is 0 Å². The van der Waals surface area contributed by atoms with E-state index in [4.69, 9.17) is 28.9 Å². The molecule has 0 bridgehead atoms. The molecular formula is C14H21Cl3N2O. The summed E-state index contributed by atoms with van der Waals surface area (Å²) < 4.78 is 0. The molecule has 0 aromatic heterocycles. The zero-order valence-corrected chi connectivity index (χ0v) is 14.2. The number of hydrogen-bond donors (Lipinski definition) is 2. The Morgan fingerprint density at radius 2 is 1.85 bits per heavy atom. The topological polar surface area (TPSA) is 55.1 Å². The number of halogens is 3. The first kappa shape index (κ1) is 19.5. The molecule has 0 saturated heterocycles. The number of hydrogen-bond acceptors (Lipinski definition) is 2. The first-order valence-electron chi connectivity index (χ1n) is 6.22. The molecule has 1 rings (SSSR count). The summed E-state index contributed by atoms with van der Waals surface area (Å²) in [5, 5.41) is 4.11. The van der Waals surface area contributed by atoms with E-state index in [-0.39, 0.29) is 29.6 Å². The van der Waals surface area contributed by atoms with Crippen LogP contribution in [0.1, 0.15) is 26.3 Å². The SMILES string of the molecule is CC(CN)C(=O)NCC(C)(C)c1c(Cl)cccc1Cl.Cl. The van der Waals surface area contributed by atoms with E-state index in [9.17, 15) is 4.79 Å². The molecule has 0 saturated carbocycles. The normalized spacial score (nSPS) is 12.5. The van der Waals surface area contributed by atoms with Gasteiger partial charge in [-0.3, -0.25) is 4.79 Å². The quantitative estimate of drug-likeness (QED) is 0.864. The Morgan fingerprint density at radius 3 is 2.30 bits per heavy atom. The van der Waals surface area contributed by atoms with Crippen LogP contribution in [0.2, 0.25) is 10.0 Å². The van der Waals surface area contributed by atoms with Crippen LogP contribution in [0, 0.1) is 5.92 Å². The fraction of sp³-hybridized carbons (Fsp3) is 0.500. The summed E-state index contributed by atoms with van der Waals surface area (Å²) >= 11 is 12.4. The third-order valence-electron chi connectivity index (χ3n) is 3.15. The number of carbonyl (C=O) groups excluding carboxylic acids is 1. The molecule has 0 aliphatic heterocycles. The lowest BCUT2D eigenvalue weighted by Gasteiger charge is -2.28. The number of rotatable bonds is 5. The van der Waals surface area contributed by atoms with Gasteiger partial charge in [0.05, 0.1) is 0 Å². The van der Waals surface area contributed by atoms with Gasteiger partial charge in [-0.1, -0.05) is 50.0 Å². The van der Waals surface area contributed by atoms with E-state index in [1.807, 2.05) is 13.8 Å². The number of carbonyl (C=O) groups is 1. The lowest BCUT2D eigenvalue weighted by atomic mass is 9.84. The summed E-state index contributed by atoms with van der Waals surface area (Å²) in [7, 11) is 0. The van der Waals surface area contributed by atoms with Crippen LogP contribution >= 0.6 is 35.6 Å². The maximum atomic E-state index is 11.8. The Bertz CT molecular complexity index is 443. The molecular weight excluding hydrogens is 319 g/mol. The molecule has 0 aliphatic carbocycles. The van der Waals surface area contributed by atoms with Crippen molar-refractivity contribution >= 4 is 41.5 Å². The van der Waals surface area contributed by atoms with Crippen LogP contribution in [0.15, 0.2) is 18.2 Å². The Balaban J connectivity index is 0.00000361. The van der Waals surface area contributed by atoms with Gasteiger partial charge in [0.15, 0.2) is 0 Å². The highest BCUT2D eigenvalue weighted by Gasteiger charge is 2.27. The van der Waals surface area contributed by atoms with Crippen molar-refractivity contribution in [2.45, 2.75) is 26.2 Å². The van der Waals surface area contributed by atoms with Crippen molar-refractivity contribution in [2.24, 2.45) is 11.7 Å². The highest BCUT2D eigenvalue weighted by molar-refractivity contribution is 6.36. The van der Waals surface area contributed by atoms with Gasteiger partial charge in [-0.25, -0.2) is 0 Å². The Labute approximate surface area is 136 Å². The zero-order valence-electron chi connectivity index (χ0n) is 11.9. The van der Waals surface area contributed by atoms with Crippen molar-refractivity contribution in [1.82, 2.24) is 5.32 Å². The second-order valence-corrected chi connectivity index (χ2v) is 6.15. The highest BCUT2D eigenvalue weighted by atomic mass is 35.5. The third-order valence-corrected chi connectivity index (χ3v) is 3.78. The molecule has 3 N–H and O–H groups in total. The summed E-state index contributed by atoms with van der Waals surface area (Å²) in [5.74, 6) is -0.253. The summed E-state index contributed by atoms with van der Waals surface area (Å²) in [5.41, 5.74) is 5.97. The molecule has 6 heteroatoms. The van der Waals surface area contributed by atoms with Crippen LogP contribution < -0.4 is 11.1 Å². The molecule has 3 nitrogen and oxygen atoms in total. The van der Waals surface area contributed by atoms with Crippen molar-refractivity contribution in [3.8, 4) is 0 Å². The van der Waals surface area contributed by atoms with E-state index < -0.39 is 0 Å². The van der Waals surface area contributed by atoms with Gasteiger partial charge in [-0.15, -0.1) is 12.4 Å². The van der Waals surface area contributed by atoms with Crippen molar-refractivity contribution in [1.29, 1.82) is 0 Å². The molecule has 0 radical (unpaired) electrons. The van der Waals surface area contributed by atoms with Gasteiger partial charge in [0.2, 0.25) is 5.91 Å². The second-order valence-electron chi connectivity index (χ2n) is 5.34. The fourth-order valence-corrected chi connectivity index (χ4v) is 2.73. The molecule has 1 amide bonds. The Kier molecular flexibility index (Phi) is 7.89. The third kappa shape index (κ3) is 4.81. The summed E-state index contributed by atoms with van der Waals surface area (Å²) in [6.45, 7) is 6.57. The predicted molar refractivity (Wildman–Crippen MR) is 88.0 cm³/mol. The number of nitrogens with two attached hydrogens (primary N) is 1. The van der Waals surface area contributed by atoms with Crippen molar-refractivity contribution in [3.63, 3.8) is 0 Å². The minimum atomic E-state index is -0.348. The van der Waals surface area contributed by atoms with Crippen molar-refractivity contribution < 1.29 is 4.79 Å². The molecule has 1 aromatic rings. The molecule has 114 valence electrons. The highest BCUT2D eigenvalue weighted by Crippen LogP contribution is 2.35. The monoisotopic (exact) mass is 338 g/mol. The van der Waals surface area contributed by atoms with Crippen LogP contribution in [0.25, 0.3) is 0 Å². The van der Waals surface area contributed by atoms with Crippen LogP contribution in [-0.2, 0) is 10.2 Å². The number of benzene rings is 1. The maximum absolute atomic E-state index is 11.8. The van der Waals surface area contributed by atoms with E-state index in [1.165, 1.54) is 0 Å². The first-order chi connectivity index (χ1) is 8.79. The van der Waals surface area contributed by atoms with E-state index in [1.54, 1.807) is 25.1 Å². The molecule has 1 aromatic carbocycles. The maximum Gasteiger partial charge on any atom is 0.224 e. The predicted octanol–water partition coefficient (Wildman–Crippen LogP) is 3.40. The van der Waals surface area contributed by atoms with Gasteiger partial charge < -0.3 is 11.1 Å². The van der Waals surface area contributed by atoms with E-state index in [0.717, 1.165) is 5.56 Å². The molecule has 0 fully saturated rings. The van der Waals surface area contributed by atoms with Gasteiger partial charge >= 0.3 is 0 Å². The summed E-state index contributed by atoms with van der Waals surface area (Å²) in [4.78, 5) is 11.8. The number of amides is 1. The molecule has 20 heavy (non-hydrogen) atoms. The lowest BCUT2D eigenvalue weighted by molar-refractivity contribution is -0.124. The van der Waals surface area contributed by atoms with Crippen LogP contribution in [0.3, 0.4) is 0 Å². The second kappa shape index (κ2) is 8.08. The van der Waals surface area contributed by atoms with Gasteiger partial charge in [-0.2, -0.15) is 0 Å². The summed E-state index contributed by atoms with van der Waals surface area (Å²) in [6, 6.07) is 5.41. The van der Waals surface area contributed by atoms with Crippen LogP contribution in [0.4, 0.5) is 0 Å². The van der Waals surface area contributed by atoms with E-state index in [0.29, 0.717) is 23.1 Å². The zero-order chi connectivity index (χ0) is 14.6. The molecule has 1 atom stereocenters.